The van der Waals surface area contributed by atoms with Crippen molar-refractivity contribution in [3.05, 3.63) is 23.0 Å². The third-order valence-electron chi connectivity index (χ3n) is 2.80. The lowest BCUT2D eigenvalue weighted by Crippen LogP contribution is -2.14. The van der Waals surface area contributed by atoms with Gasteiger partial charge in [0.25, 0.3) is 0 Å². The van der Waals surface area contributed by atoms with Crippen LogP contribution in [-0.2, 0) is 13.6 Å². The van der Waals surface area contributed by atoms with Crippen LogP contribution in [0.5, 0.6) is 0 Å². The maximum absolute atomic E-state index is 3.40. The van der Waals surface area contributed by atoms with E-state index < -0.39 is 0 Å². The fraction of sp³-hybridized carbons (Fsp3) is 0.538. The van der Waals surface area contributed by atoms with Gasteiger partial charge in [0.2, 0.25) is 0 Å². The topological polar surface area (TPSA) is 17.0 Å². The van der Waals surface area contributed by atoms with Gasteiger partial charge in [0.05, 0.1) is 0 Å². The molecule has 0 spiro atoms. The van der Waals surface area contributed by atoms with Gasteiger partial charge >= 0.3 is 0 Å². The molecule has 0 aliphatic carbocycles. The van der Waals surface area contributed by atoms with Gasteiger partial charge in [-0.1, -0.05) is 0 Å². The Morgan fingerprint density at radius 2 is 2.13 bits per heavy atom. The Kier molecular flexibility index (Phi) is 4.45. The summed E-state index contributed by atoms with van der Waals surface area (Å²) in [7, 11) is 2.11. The summed E-state index contributed by atoms with van der Waals surface area (Å²) < 4.78 is 2.23. The van der Waals surface area contributed by atoms with Crippen LogP contribution in [0.25, 0.3) is 0 Å². The normalized spacial score (nSPS) is 9.87. The number of nitrogens with one attached hydrogen (secondary N) is 1. The molecule has 0 bridgehead atoms. The van der Waals surface area contributed by atoms with Gasteiger partial charge in [-0.25, -0.2) is 0 Å². The van der Waals surface area contributed by atoms with Crippen molar-refractivity contribution in [1.29, 1.82) is 0 Å². The number of aromatic nitrogens is 1. The summed E-state index contributed by atoms with van der Waals surface area (Å²) in [5, 5.41) is 3.40. The first-order valence-corrected chi connectivity index (χ1v) is 5.39. The summed E-state index contributed by atoms with van der Waals surface area (Å²) in [6.45, 7) is 8.09. The highest BCUT2D eigenvalue weighted by Crippen LogP contribution is 2.12. The van der Waals surface area contributed by atoms with Gasteiger partial charge in [0.1, 0.15) is 0 Å². The lowest BCUT2D eigenvalue weighted by molar-refractivity contribution is 0.695. The molecular weight excluding hydrogens is 184 g/mol. The number of hydrogen-bond donors (Lipinski definition) is 1. The van der Waals surface area contributed by atoms with E-state index >= 15 is 0 Å². The van der Waals surface area contributed by atoms with Crippen LogP contribution in [0, 0.1) is 25.7 Å². The monoisotopic (exact) mass is 204 g/mol. The molecule has 0 unspecified atom stereocenters. The molecule has 0 aliphatic heterocycles. The molecule has 0 aromatic carbocycles. The molecule has 1 aromatic heterocycles. The van der Waals surface area contributed by atoms with Gasteiger partial charge in [-0.2, -0.15) is 0 Å². The first kappa shape index (κ1) is 11.9. The number of rotatable bonds is 4. The van der Waals surface area contributed by atoms with E-state index in [0.29, 0.717) is 0 Å². The van der Waals surface area contributed by atoms with E-state index in [-0.39, 0.29) is 0 Å². The van der Waals surface area contributed by atoms with Crippen LogP contribution in [0.1, 0.15) is 30.3 Å². The molecule has 0 saturated heterocycles. The Bertz CT molecular complexity index is 377. The van der Waals surface area contributed by atoms with Crippen LogP contribution in [0.3, 0.4) is 0 Å². The zero-order valence-electron chi connectivity index (χ0n) is 10.1. The van der Waals surface area contributed by atoms with Crippen molar-refractivity contribution in [1.82, 2.24) is 9.88 Å². The highest BCUT2D eigenvalue weighted by Gasteiger charge is 2.04. The second kappa shape index (κ2) is 5.63. The van der Waals surface area contributed by atoms with E-state index in [1.54, 1.807) is 0 Å². The molecule has 0 aliphatic rings. The van der Waals surface area contributed by atoms with Crippen molar-refractivity contribution in [3.8, 4) is 11.8 Å². The Balaban J connectivity index is 2.43. The first-order chi connectivity index (χ1) is 7.16. The summed E-state index contributed by atoms with van der Waals surface area (Å²) in [5.41, 5.74) is 4.05. The molecule has 1 aromatic rings. The lowest BCUT2D eigenvalue weighted by atomic mass is 10.2. The van der Waals surface area contributed by atoms with E-state index in [2.05, 4.69) is 48.7 Å². The smallest absolute Gasteiger partial charge is 0.0223 e. The van der Waals surface area contributed by atoms with Crippen LogP contribution < -0.4 is 5.32 Å². The third-order valence-corrected chi connectivity index (χ3v) is 2.80. The molecule has 2 heteroatoms. The molecule has 1 N–H and O–H groups in total. The highest BCUT2D eigenvalue weighted by molar-refractivity contribution is 5.26. The summed E-state index contributed by atoms with van der Waals surface area (Å²) in [5.74, 6) is 5.94. The predicted molar refractivity (Wildman–Crippen MR) is 64.7 cm³/mol. The molecule has 2 nitrogen and oxygen atoms in total. The van der Waals surface area contributed by atoms with Gasteiger partial charge in [-0.3, -0.25) is 0 Å². The minimum atomic E-state index is 0.932. The van der Waals surface area contributed by atoms with E-state index in [4.69, 9.17) is 0 Å². The average Bonchev–Trinajstić information content (AvgIpc) is 2.46. The Hall–Kier alpha value is -1.20. The molecule has 15 heavy (non-hydrogen) atoms. The Morgan fingerprint density at radius 3 is 2.67 bits per heavy atom. The number of hydrogen-bond acceptors (Lipinski definition) is 1. The SMILES string of the molecule is CC#CCCNCc1cc(C)n(C)c1C. The van der Waals surface area contributed by atoms with Crippen molar-refractivity contribution < 1.29 is 0 Å². The molecule has 0 atom stereocenters. The van der Waals surface area contributed by atoms with Crippen molar-refractivity contribution in [3.63, 3.8) is 0 Å². The van der Waals surface area contributed by atoms with Gasteiger partial charge < -0.3 is 9.88 Å². The van der Waals surface area contributed by atoms with E-state index in [0.717, 1.165) is 19.5 Å². The van der Waals surface area contributed by atoms with Crippen LogP contribution in [0.4, 0.5) is 0 Å². The minimum Gasteiger partial charge on any atom is -0.352 e. The van der Waals surface area contributed by atoms with E-state index in [1.807, 2.05) is 6.92 Å². The highest BCUT2D eigenvalue weighted by atomic mass is 15.0. The second-order valence-electron chi connectivity index (χ2n) is 3.81. The third kappa shape index (κ3) is 3.14. The Labute approximate surface area is 92.7 Å². The van der Waals surface area contributed by atoms with Crippen molar-refractivity contribution in [2.45, 2.75) is 33.7 Å². The zero-order chi connectivity index (χ0) is 11.3. The number of nitrogens with zero attached hydrogens (tertiary/aromatic N) is 1. The van der Waals surface area contributed by atoms with Crippen LogP contribution in [0.15, 0.2) is 6.07 Å². The van der Waals surface area contributed by atoms with E-state index in [9.17, 15) is 0 Å². The number of aryl methyl sites for hydroxylation is 1. The van der Waals surface area contributed by atoms with Gasteiger partial charge in [0, 0.05) is 37.9 Å². The fourth-order valence-electron chi connectivity index (χ4n) is 1.61. The van der Waals surface area contributed by atoms with Crippen LogP contribution >= 0.6 is 0 Å². The largest absolute Gasteiger partial charge is 0.352 e. The van der Waals surface area contributed by atoms with Crippen molar-refractivity contribution >= 4 is 0 Å². The van der Waals surface area contributed by atoms with Crippen molar-refractivity contribution in [2.24, 2.45) is 7.05 Å². The fourth-order valence-corrected chi connectivity index (χ4v) is 1.61. The van der Waals surface area contributed by atoms with Crippen LogP contribution in [-0.4, -0.2) is 11.1 Å². The quantitative estimate of drug-likeness (QED) is 0.587. The van der Waals surface area contributed by atoms with Crippen molar-refractivity contribution in [2.75, 3.05) is 6.54 Å². The standard InChI is InChI=1S/C13H20N2/c1-5-6-7-8-14-10-13-9-11(2)15(4)12(13)3/h9,14H,7-8,10H2,1-4H3. The van der Waals surface area contributed by atoms with Crippen LogP contribution in [0.2, 0.25) is 0 Å². The van der Waals surface area contributed by atoms with E-state index in [1.165, 1.54) is 17.0 Å². The Morgan fingerprint density at radius 1 is 1.40 bits per heavy atom. The molecular formula is C13H20N2. The average molecular weight is 204 g/mol. The zero-order valence-corrected chi connectivity index (χ0v) is 10.1. The molecule has 1 rings (SSSR count). The molecule has 1 heterocycles. The minimum absolute atomic E-state index is 0.932. The maximum atomic E-state index is 3.40. The second-order valence-corrected chi connectivity index (χ2v) is 3.81. The van der Waals surface area contributed by atoms with Gasteiger partial charge in [-0.05, 0) is 32.4 Å². The first-order valence-electron chi connectivity index (χ1n) is 5.39. The lowest BCUT2D eigenvalue weighted by Gasteiger charge is -2.03. The summed E-state index contributed by atoms with van der Waals surface area (Å²) >= 11 is 0. The molecule has 0 fully saturated rings. The molecule has 0 radical (unpaired) electrons. The maximum Gasteiger partial charge on any atom is 0.0223 e. The van der Waals surface area contributed by atoms with Gasteiger partial charge in [0.15, 0.2) is 0 Å². The predicted octanol–water partition coefficient (Wildman–Crippen LogP) is 2.14. The summed E-state index contributed by atoms with van der Waals surface area (Å²) in [6, 6.07) is 2.24. The molecule has 82 valence electrons. The summed E-state index contributed by atoms with van der Waals surface area (Å²) in [6.07, 6.45) is 0.932. The molecule has 0 saturated carbocycles. The molecule has 0 amide bonds. The summed E-state index contributed by atoms with van der Waals surface area (Å²) in [4.78, 5) is 0. The van der Waals surface area contributed by atoms with Gasteiger partial charge in [-0.15, -0.1) is 11.8 Å².